The second-order valence-electron chi connectivity index (χ2n) is 12.6. The summed E-state index contributed by atoms with van der Waals surface area (Å²) in [7, 11) is -9.10. The van der Waals surface area contributed by atoms with Crippen LogP contribution >= 0.6 is 0 Å². The van der Waals surface area contributed by atoms with Gasteiger partial charge >= 0.3 is 37.7 Å². The molecule has 0 aromatic heterocycles. The third-order valence-corrected chi connectivity index (χ3v) is 9.11. The molecule has 0 radical (unpaired) electrons. The number of hydrogen-bond acceptors (Lipinski definition) is 8. The number of rotatable bonds is 32. The van der Waals surface area contributed by atoms with Crippen molar-refractivity contribution in [3.05, 3.63) is 0 Å². The minimum absolute atomic E-state index is 0. The molecular formula is C34H70CaO8S2. The maximum absolute atomic E-state index is 10.6. The third-order valence-electron chi connectivity index (χ3n) is 8.26. The van der Waals surface area contributed by atoms with E-state index in [1.807, 2.05) is 0 Å². The van der Waals surface area contributed by atoms with Crippen molar-refractivity contribution in [3.63, 3.8) is 0 Å². The first-order chi connectivity index (χ1) is 21.0. The predicted octanol–water partition coefficient (Wildman–Crippen LogP) is 10.0. The van der Waals surface area contributed by atoms with Crippen LogP contribution < -0.4 is 0 Å². The molecule has 0 aliphatic heterocycles. The quantitative estimate of drug-likeness (QED) is 0.0292. The molecule has 2 atom stereocenters. The molecule has 0 aromatic carbocycles. The van der Waals surface area contributed by atoms with Crippen molar-refractivity contribution >= 4 is 58.5 Å². The average molecular weight is 711 g/mol. The molecule has 11 heteroatoms. The molecule has 45 heavy (non-hydrogen) atoms. The molecule has 0 N–H and O–H groups in total. The molecule has 0 rings (SSSR count). The molecule has 0 bridgehead atoms. The van der Waals surface area contributed by atoms with Crippen LogP contribution in [-0.2, 0) is 29.2 Å². The molecule has 0 spiro atoms. The predicted molar refractivity (Wildman–Crippen MR) is 187 cm³/mol. The van der Waals surface area contributed by atoms with E-state index in [4.69, 9.17) is 0 Å². The van der Waals surface area contributed by atoms with Crippen LogP contribution in [0.15, 0.2) is 0 Å². The number of hydrogen-bond donors (Lipinski definition) is 0. The molecule has 0 saturated heterocycles. The average Bonchev–Trinajstić information content (AvgIpc) is 2.96. The summed E-state index contributed by atoms with van der Waals surface area (Å²) in [4.78, 5) is 0. The summed E-state index contributed by atoms with van der Waals surface area (Å²) in [6.07, 6.45) is 30.7. The van der Waals surface area contributed by atoms with Gasteiger partial charge in [-0.3, -0.25) is 8.37 Å². The van der Waals surface area contributed by atoms with E-state index in [1.165, 1.54) is 116 Å². The van der Waals surface area contributed by atoms with Gasteiger partial charge in [-0.25, -0.2) is 16.8 Å². The smallest absolute Gasteiger partial charge is 0.726 e. The minimum atomic E-state index is -4.55. The van der Waals surface area contributed by atoms with Crippen LogP contribution in [0.1, 0.15) is 195 Å². The van der Waals surface area contributed by atoms with Gasteiger partial charge in [0.05, 0.1) is 13.2 Å². The second kappa shape index (κ2) is 36.3. The molecule has 0 aliphatic carbocycles. The van der Waals surface area contributed by atoms with Gasteiger partial charge in [0.25, 0.3) is 0 Å². The first kappa shape index (κ1) is 50.4. The Balaban J connectivity index is -0.000000767. The summed E-state index contributed by atoms with van der Waals surface area (Å²) in [5, 5.41) is 0. The van der Waals surface area contributed by atoms with Crippen molar-refractivity contribution in [2.45, 2.75) is 195 Å². The van der Waals surface area contributed by atoms with E-state index in [0.717, 1.165) is 51.4 Å². The van der Waals surface area contributed by atoms with Gasteiger partial charge in [-0.2, -0.15) is 0 Å². The standard InChI is InChI=1S/2C17H36O4S.Ca/c2*1-3-5-7-9-10-11-13-15-17(14-12-8-6-4-2)16-21-22(18,19)20;/h2*17H,3-16H2,1-2H3,(H,18,19,20);/q;;+2/p-2. The summed E-state index contributed by atoms with van der Waals surface area (Å²) < 4.78 is 72.6. The maximum atomic E-state index is 10.6. The molecular weight excluding hydrogens is 641 g/mol. The van der Waals surface area contributed by atoms with Crippen molar-refractivity contribution in [1.29, 1.82) is 0 Å². The molecule has 0 fully saturated rings. The van der Waals surface area contributed by atoms with E-state index in [-0.39, 0.29) is 62.8 Å². The van der Waals surface area contributed by atoms with Crippen LogP contribution in [0.4, 0.5) is 0 Å². The summed E-state index contributed by atoms with van der Waals surface area (Å²) in [5.41, 5.74) is 0. The second-order valence-corrected chi connectivity index (χ2v) is 14.7. The maximum Gasteiger partial charge on any atom is 2.00 e. The molecule has 0 amide bonds. The van der Waals surface area contributed by atoms with Crippen molar-refractivity contribution in [3.8, 4) is 0 Å². The molecule has 268 valence electrons. The van der Waals surface area contributed by atoms with Crippen molar-refractivity contribution < 1.29 is 34.3 Å². The Morgan fingerprint density at radius 1 is 0.400 bits per heavy atom. The molecule has 2 unspecified atom stereocenters. The van der Waals surface area contributed by atoms with Gasteiger partial charge in [-0.1, -0.05) is 169 Å². The fourth-order valence-electron chi connectivity index (χ4n) is 5.48. The van der Waals surface area contributed by atoms with Crippen LogP contribution in [0, 0.1) is 11.8 Å². The van der Waals surface area contributed by atoms with Gasteiger partial charge in [0.1, 0.15) is 0 Å². The molecule has 0 aliphatic rings. The zero-order valence-electron chi connectivity index (χ0n) is 29.7. The summed E-state index contributed by atoms with van der Waals surface area (Å²) in [6, 6.07) is 0. The van der Waals surface area contributed by atoms with Crippen LogP contribution in [0.25, 0.3) is 0 Å². The van der Waals surface area contributed by atoms with Gasteiger partial charge in [-0.15, -0.1) is 0 Å². The van der Waals surface area contributed by atoms with E-state index in [2.05, 4.69) is 36.1 Å². The van der Waals surface area contributed by atoms with Crippen LogP contribution in [0.3, 0.4) is 0 Å². The Labute approximate surface area is 310 Å². The van der Waals surface area contributed by atoms with Gasteiger partial charge in [0.2, 0.25) is 20.8 Å². The topological polar surface area (TPSA) is 133 Å². The van der Waals surface area contributed by atoms with Gasteiger partial charge in [0.15, 0.2) is 0 Å². The molecule has 0 heterocycles. The largest absolute Gasteiger partial charge is 2.00 e. The molecule has 0 saturated carbocycles. The molecule has 8 nitrogen and oxygen atoms in total. The zero-order valence-corrected chi connectivity index (χ0v) is 33.6. The first-order valence-electron chi connectivity index (χ1n) is 18.2. The van der Waals surface area contributed by atoms with E-state index < -0.39 is 20.8 Å². The Bertz CT molecular complexity index is 728. The van der Waals surface area contributed by atoms with E-state index in [1.54, 1.807) is 0 Å². The van der Waals surface area contributed by atoms with E-state index in [0.29, 0.717) is 0 Å². The number of unbranched alkanes of at least 4 members (excludes halogenated alkanes) is 18. The van der Waals surface area contributed by atoms with Crippen LogP contribution in [0.5, 0.6) is 0 Å². The SMILES string of the molecule is CCCCCCCCCC(CCCCCC)COS(=O)(=O)[O-].CCCCCCCCCC(CCCCCC)COS(=O)(=O)[O-].[Ca+2]. The van der Waals surface area contributed by atoms with Crippen LogP contribution in [0.2, 0.25) is 0 Å². The summed E-state index contributed by atoms with van der Waals surface area (Å²) in [5.74, 6) is 0.410. The Kier molecular flexibility index (Phi) is 40.6. The van der Waals surface area contributed by atoms with Gasteiger partial charge in [-0.05, 0) is 37.5 Å². The van der Waals surface area contributed by atoms with Crippen LogP contribution in [-0.4, -0.2) is 76.9 Å². The van der Waals surface area contributed by atoms with Gasteiger partial charge < -0.3 is 9.11 Å². The Hall–Kier alpha value is 1.000. The first-order valence-corrected chi connectivity index (χ1v) is 20.9. The fourth-order valence-corrected chi connectivity index (χ4v) is 6.20. The van der Waals surface area contributed by atoms with Crippen molar-refractivity contribution in [2.75, 3.05) is 13.2 Å². The monoisotopic (exact) mass is 710 g/mol. The molecule has 0 aromatic rings. The van der Waals surface area contributed by atoms with Crippen molar-refractivity contribution in [1.82, 2.24) is 0 Å². The van der Waals surface area contributed by atoms with E-state index in [9.17, 15) is 25.9 Å². The fraction of sp³-hybridized carbons (Fsp3) is 1.00. The minimum Gasteiger partial charge on any atom is -0.726 e. The Morgan fingerprint density at radius 2 is 0.600 bits per heavy atom. The third kappa shape index (κ3) is 45.0. The zero-order chi connectivity index (χ0) is 33.4. The normalized spacial score (nSPS) is 13.1. The Morgan fingerprint density at radius 3 is 0.822 bits per heavy atom. The van der Waals surface area contributed by atoms with E-state index >= 15 is 0 Å². The van der Waals surface area contributed by atoms with Gasteiger partial charge in [0, 0.05) is 0 Å². The summed E-state index contributed by atoms with van der Waals surface area (Å²) in [6.45, 7) is 8.90. The van der Waals surface area contributed by atoms with Crippen molar-refractivity contribution in [2.24, 2.45) is 11.8 Å². The summed E-state index contributed by atoms with van der Waals surface area (Å²) >= 11 is 0.